The molecule has 0 aliphatic carbocycles. The molecule has 1 aliphatic heterocycles. The highest BCUT2D eigenvalue weighted by molar-refractivity contribution is 5.94. The maximum absolute atomic E-state index is 12.8. The van der Waals surface area contributed by atoms with E-state index in [0.717, 1.165) is 37.0 Å². The third-order valence-corrected chi connectivity index (χ3v) is 7.52. The van der Waals surface area contributed by atoms with Crippen molar-refractivity contribution >= 4 is 5.91 Å². The molecule has 0 radical (unpaired) electrons. The summed E-state index contributed by atoms with van der Waals surface area (Å²) in [5.41, 5.74) is 4.88. The lowest BCUT2D eigenvalue weighted by Gasteiger charge is -2.28. The summed E-state index contributed by atoms with van der Waals surface area (Å²) in [7, 11) is 0. The summed E-state index contributed by atoms with van der Waals surface area (Å²) in [6.07, 6.45) is 3.93. The number of hydrogen-bond donors (Lipinski definition) is 5. The number of amides is 1. The summed E-state index contributed by atoms with van der Waals surface area (Å²) >= 11 is 0. The van der Waals surface area contributed by atoms with E-state index in [0.29, 0.717) is 42.3 Å². The zero-order valence-electron chi connectivity index (χ0n) is 23.7. The molecule has 0 fully saturated rings. The smallest absolute Gasteiger partial charge is 0.251 e. The van der Waals surface area contributed by atoms with Crippen LogP contribution in [0.5, 0.6) is 11.5 Å². The van der Waals surface area contributed by atoms with Crippen LogP contribution < -0.4 is 15.4 Å². The minimum atomic E-state index is -0.791. The van der Waals surface area contributed by atoms with E-state index < -0.39 is 6.10 Å². The van der Waals surface area contributed by atoms with Crippen LogP contribution in [0.1, 0.15) is 77.9 Å². The van der Waals surface area contributed by atoms with Gasteiger partial charge in [0.05, 0.1) is 12.7 Å². The van der Waals surface area contributed by atoms with Crippen LogP contribution in [-0.4, -0.2) is 46.0 Å². The van der Waals surface area contributed by atoms with Crippen LogP contribution in [-0.2, 0) is 25.9 Å². The van der Waals surface area contributed by atoms with E-state index in [4.69, 9.17) is 4.74 Å². The van der Waals surface area contributed by atoms with E-state index in [1.807, 2.05) is 24.3 Å². The van der Waals surface area contributed by atoms with Gasteiger partial charge < -0.3 is 30.7 Å². The van der Waals surface area contributed by atoms with Gasteiger partial charge in [0.15, 0.2) is 0 Å². The lowest BCUT2D eigenvalue weighted by molar-refractivity contribution is 0.0953. The summed E-state index contributed by atoms with van der Waals surface area (Å²) < 4.78 is 5.92. The van der Waals surface area contributed by atoms with Crippen LogP contribution in [0.25, 0.3) is 0 Å². The van der Waals surface area contributed by atoms with Crippen molar-refractivity contribution in [2.45, 2.75) is 77.2 Å². The highest BCUT2D eigenvalue weighted by Crippen LogP contribution is 2.31. The number of β-amino-alcohol motifs (C(OH)–C–C–N with tert-alkyl or cyclic N) is 1. The van der Waals surface area contributed by atoms with E-state index in [2.05, 4.69) is 49.6 Å². The Balaban J connectivity index is 1.24. The number of fused-ring (bicyclic) bond motifs is 1. The number of aliphatic hydroxyl groups is 2. The number of aromatic hydroxyl groups is 1. The first-order chi connectivity index (χ1) is 19.2. The molecule has 0 spiro atoms. The number of aliphatic hydroxyl groups excluding tert-OH is 2. The van der Waals surface area contributed by atoms with Crippen molar-refractivity contribution < 1.29 is 24.9 Å². The fourth-order valence-corrected chi connectivity index (χ4v) is 5.18. The molecular weight excluding hydrogens is 504 g/mol. The molecule has 0 saturated carbocycles. The zero-order chi connectivity index (χ0) is 28.7. The zero-order valence-corrected chi connectivity index (χ0v) is 23.7. The van der Waals surface area contributed by atoms with Gasteiger partial charge in [-0.3, -0.25) is 4.79 Å². The van der Waals surface area contributed by atoms with Crippen LogP contribution in [0.3, 0.4) is 0 Å². The van der Waals surface area contributed by atoms with Gasteiger partial charge in [0.25, 0.3) is 5.91 Å². The van der Waals surface area contributed by atoms with Crippen molar-refractivity contribution in [2.24, 2.45) is 0 Å². The van der Waals surface area contributed by atoms with Crippen molar-refractivity contribution in [1.29, 1.82) is 0 Å². The monoisotopic (exact) mass is 546 g/mol. The molecule has 1 unspecified atom stereocenters. The van der Waals surface area contributed by atoms with E-state index >= 15 is 0 Å². The van der Waals surface area contributed by atoms with Crippen molar-refractivity contribution in [3.8, 4) is 11.5 Å². The van der Waals surface area contributed by atoms with Gasteiger partial charge in [0, 0.05) is 36.2 Å². The average molecular weight is 547 g/mol. The van der Waals surface area contributed by atoms with Crippen molar-refractivity contribution in [2.75, 3.05) is 13.1 Å². The fourth-order valence-electron chi connectivity index (χ4n) is 5.18. The van der Waals surface area contributed by atoms with Crippen molar-refractivity contribution in [3.05, 3.63) is 94.0 Å². The molecular formula is C33H42N2O5. The predicted molar refractivity (Wildman–Crippen MR) is 157 cm³/mol. The highest BCUT2D eigenvalue weighted by atomic mass is 16.5. The van der Waals surface area contributed by atoms with Crippen molar-refractivity contribution in [3.63, 3.8) is 0 Å². The molecule has 40 heavy (non-hydrogen) atoms. The minimum absolute atomic E-state index is 0.00958. The van der Waals surface area contributed by atoms with Gasteiger partial charge in [-0.05, 0) is 92.1 Å². The van der Waals surface area contributed by atoms with Gasteiger partial charge in [0.2, 0.25) is 0 Å². The second kappa shape index (κ2) is 13.3. The second-order valence-corrected chi connectivity index (χ2v) is 11.4. The van der Waals surface area contributed by atoms with E-state index in [1.54, 1.807) is 12.1 Å². The summed E-state index contributed by atoms with van der Waals surface area (Å²) in [5.74, 6) is 0.936. The molecule has 1 heterocycles. The molecule has 7 heteroatoms. The van der Waals surface area contributed by atoms with Crippen LogP contribution in [0.2, 0.25) is 0 Å². The third-order valence-electron chi connectivity index (χ3n) is 7.52. The first kappa shape index (κ1) is 29.6. The Labute approximate surface area is 237 Å². The van der Waals surface area contributed by atoms with E-state index in [9.17, 15) is 20.1 Å². The average Bonchev–Trinajstić information content (AvgIpc) is 3.37. The molecule has 5 N–H and O–H groups in total. The maximum Gasteiger partial charge on any atom is 0.251 e. The lowest BCUT2D eigenvalue weighted by Crippen LogP contribution is -2.43. The first-order valence-electron chi connectivity index (χ1n) is 14.2. The molecule has 3 aromatic carbocycles. The number of carbonyl (C=O) groups excluding carboxylic acids is 1. The number of hydrogen-bond acceptors (Lipinski definition) is 6. The normalized spacial score (nSPS) is 15.4. The van der Waals surface area contributed by atoms with Crippen LogP contribution >= 0.6 is 0 Å². The van der Waals surface area contributed by atoms with Crippen LogP contribution in [0.15, 0.2) is 60.7 Å². The number of nitrogens with one attached hydrogen (secondary N) is 2. The number of rotatable bonds is 13. The first-order valence-corrected chi connectivity index (χ1v) is 14.2. The third kappa shape index (κ3) is 7.84. The Hall–Kier alpha value is -3.39. The molecule has 1 amide bonds. The number of aryl methyl sites for hydroxylation is 1. The van der Waals surface area contributed by atoms with Gasteiger partial charge in [-0.2, -0.15) is 0 Å². The number of carbonyl (C=O) groups is 1. The molecule has 3 aromatic rings. The Morgan fingerprint density at radius 1 is 1.10 bits per heavy atom. The molecule has 2 atom stereocenters. The second-order valence-electron chi connectivity index (χ2n) is 11.4. The summed E-state index contributed by atoms with van der Waals surface area (Å²) in [5, 5.41) is 36.2. The largest absolute Gasteiger partial charge is 0.508 e. The molecule has 7 nitrogen and oxygen atoms in total. The fraction of sp³-hybridized carbons (Fsp3) is 0.424. The van der Waals surface area contributed by atoms with Gasteiger partial charge in [-0.25, -0.2) is 0 Å². The number of ether oxygens (including phenoxy) is 1. The van der Waals surface area contributed by atoms with E-state index in [-0.39, 0.29) is 23.8 Å². The SMILES string of the molecule is CCC1Cc2cc(CCCNC(=O)c3cccc(CC(C)(C)NC[C@H](O)c4ccc(O)c(CO)c4)c3)ccc2O1. The molecule has 0 saturated heterocycles. The van der Waals surface area contributed by atoms with Crippen molar-refractivity contribution in [1.82, 2.24) is 10.6 Å². The van der Waals surface area contributed by atoms with E-state index in [1.165, 1.54) is 17.2 Å². The van der Waals surface area contributed by atoms with Gasteiger partial charge >= 0.3 is 0 Å². The standard InChI is InChI=1S/C33H42N2O5/c1-4-28-18-26-15-22(10-13-31(26)40-28)8-6-14-34-32(39)25-9-5-7-23(16-25)19-33(2,3)35-20-30(38)24-11-12-29(37)27(17-24)21-36/h5,7,9-13,15-17,28,30,35-38H,4,6,8,14,18-21H2,1-3H3,(H,34,39)/t28?,30-/m0/s1. The predicted octanol–water partition coefficient (Wildman–Crippen LogP) is 4.60. The number of phenols is 1. The molecule has 1 aliphatic rings. The summed E-state index contributed by atoms with van der Waals surface area (Å²) in [4.78, 5) is 12.8. The summed E-state index contributed by atoms with van der Waals surface area (Å²) in [6.45, 7) is 6.87. The number of benzene rings is 3. The van der Waals surface area contributed by atoms with Gasteiger partial charge in [0.1, 0.15) is 17.6 Å². The minimum Gasteiger partial charge on any atom is -0.508 e. The molecule has 0 bridgehead atoms. The summed E-state index contributed by atoms with van der Waals surface area (Å²) in [6, 6.07) is 18.8. The Kier molecular flexibility index (Phi) is 9.85. The lowest BCUT2D eigenvalue weighted by atomic mass is 9.93. The van der Waals surface area contributed by atoms with Gasteiger partial charge in [-0.1, -0.05) is 37.3 Å². The Bertz CT molecular complexity index is 1310. The topological polar surface area (TPSA) is 111 Å². The molecule has 0 aromatic heterocycles. The van der Waals surface area contributed by atoms with Gasteiger partial charge in [-0.15, -0.1) is 0 Å². The maximum atomic E-state index is 12.8. The quantitative estimate of drug-likeness (QED) is 0.200. The highest BCUT2D eigenvalue weighted by Gasteiger charge is 2.22. The van der Waals surface area contributed by atoms with Crippen LogP contribution in [0, 0.1) is 0 Å². The Morgan fingerprint density at radius 3 is 2.70 bits per heavy atom. The molecule has 214 valence electrons. The Morgan fingerprint density at radius 2 is 1.93 bits per heavy atom. The van der Waals surface area contributed by atoms with Crippen LogP contribution in [0.4, 0.5) is 0 Å². The molecule has 4 rings (SSSR count).